The van der Waals surface area contributed by atoms with Crippen LogP contribution in [0, 0.1) is 11.3 Å². The second-order valence-electron chi connectivity index (χ2n) is 6.26. The maximum absolute atomic E-state index is 6.12. The summed E-state index contributed by atoms with van der Waals surface area (Å²) in [5, 5.41) is 0. The van der Waals surface area contributed by atoms with Gasteiger partial charge in [0.2, 0.25) is 0 Å². The molecule has 0 bridgehead atoms. The van der Waals surface area contributed by atoms with Crippen molar-refractivity contribution in [1.29, 1.82) is 0 Å². The lowest BCUT2D eigenvalue weighted by Crippen LogP contribution is -2.16. The Balaban J connectivity index is 2.58. The molecule has 16 heavy (non-hydrogen) atoms. The third-order valence-corrected chi connectivity index (χ3v) is 3.00. The van der Waals surface area contributed by atoms with Crippen molar-refractivity contribution in [3.05, 3.63) is 24.0 Å². The number of hydrogen-bond acceptors (Lipinski definition) is 1. The summed E-state index contributed by atoms with van der Waals surface area (Å²) >= 11 is 0. The zero-order valence-corrected chi connectivity index (χ0v) is 11.3. The van der Waals surface area contributed by atoms with Crippen molar-refractivity contribution < 1.29 is 0 Å². The highest BCUT2D eigenvalue weighted by atomic mass is 14.9. The van der Waals surface area contributed by atoms with Gasteiger partial charge in [0, 0.05) is 25.0 Å². The smallest absolute Gasteiger partial charge is 0.0333 e. The Kier molecular flexibility index (Phi) is 4.20. The van der Waals surface area contributed by atoms with Crippen LogP contribution in [0.1, 0.15) is 52.6 Å². The topological polar surface area (TPSA) is 30.9 Å². The molecule has 0 aromatic carbocycles. The van der Waals surface area contributed by atoms with Crippen LogP contribution in [0.25, 0.3) is 0 Å². The van der Waals surface area contributed by atoms with Crippen LogP contribution in [0.3, 0.4) is 0 Å². The second-order valence-corrected chi connectivity index (χ2v) is 6.26. The molecule has 2 heteroatoms. The molecule has 1 aromatic heterocycles. The van der Waals surface area contributed by atoms with Crippen molar-refractivity contribution >= 4 is 0 Å². The Morgan fingerprint density at radius 2 is 1.94 bits per heavy atom. The summed E-state index contributed by atoms with van der Waals surface area (Å²) in [6, 6.07) is 2.31. The predicted octanol–water partition coefficient (Wildman–Crippen LogP) is 3.58. The van der Waals surface area contributed by atoms with Gasteiger partial charge in [-0.2, -0.15) is 0 Å². The fourth-order valence-electron chi connectivity index (χ4n) is 1.65. The molecule has 92 valence electrons. The third kappa shape index (κ3) is 4.01. The van der Waals surface area contributed by atoms with Crippen LogP contribution < -0.4 is 5.73 Å². The zero-order chi connectivity index (χ0) is 12.3. The highest BCUT2D eigenvalue weighted by Crippen LogP contribution is 2.22. The molecule has 1 rings (SSSR count). The predicted molar refractivity (Wildman–Crippen MR) is 70.3 cm³/mol. The number of nitrogens with zero attached hydrogens (tertiary/aromatic N) is 1. The van der Waals surface area contributed by atoms with Crippen LogP contribution in [0.2, 0.25) is 0 Å². The summed E-state index contributed by atoms with van der Waals surface area (Å²) in [4.78, 5) is 0. The average Bonchev–Trinajstić information content (AvgIpc) is 2.60. The van der Waals surface area contributed by atoms with Crippen molar-refractivity contribution in [1.82, 2.24) is 4.57 Å². The molecule has 0 saturated carbocycles. The van der Waals surface area contributed by atoms with E-state index in [-0.39, 0.29) is 6.04 Å². The van der Waals surface area contributed by atoms with Gasteiger partial charge in [-0.25, -0.2) is 0 Å². The van der Waals surface area contributed by atoms with Gasteiger partial charge in [-0.15, -0.1) is 0 Å². The summed E-state index contributed by atoms with van der Waals surface area (Å²) in [6.07, 6.45) is 5.53. The van der Waals surface area contributed by atoms with Crippen molar-refractivity contribution in [3.63, 3.8) is 0 Å². The Bertz CT molecular complexity index is 318. The lowest BCUT2D eigenvalue weighted by atomic mass is 9.92. The van der Waals surface area contributed by atoms with Crippen molar-refractivity contribution in [2.45, 2.75) is 53.6 Å². The van der Waals surface area contributed by atoms with Crippen LogP contribution in [0.5, 0.6) is 0 Å². The maximum Gasteiger partial charge on any atom is 0.0333 e. The minimum atomic E-state index is 0.163. The average molecular weight is 222 g/mol. The van der Waals surface area contributed by atoms with Crippen molar-refractivity contribution in [2.24, 2.45) is 17.1 Å². The number of nitrogens with two attached hydrogens (primary N) is 1. The summed E-state index contributed by atoms with van der Waals surface area (Å²) < 4.78 is 2.25. The monoisotopic (exact) mass is 222 g/mol. The van der Waals surface area contributed by atoms with Gasteiger partial charge in [-0.05, 0) is 29.4 Å². The highest BCUT2D eigenvalue weighted by molar-refractivity contribution is 5.15. The summed E-state index contributed by atoms with van der Waals surface area (Å²) in [5.74, 6) is 0.499. The van der Waals surface area contributed by atoms with E-state index in [0.717, 1.165) is 6.54 Å². The first-order valence-corrected chi connectivity index (χ1v) is 6.21. The molecule has 1 heterocycles. The minimum absolute atomic E-state index is 0.163. The zero-order valence-electron chi connectivity index (χ0n) is 11.3. The summed E-state index contributed by atoms with van der Waals surface area (Å²) in [6.45, 7) is 12.2. The number of rotatable bonds is 4. The van der Waals surface area contributed by atoms with Gasteiger partial charge in [0.05, 0.1) is 0 Å². The first-order valence-electron chi connectivity index (χ1n) is 6.21. The first kappa shape index (κ1) is 13.3. The largest absolute Gasteiger partial charge is 0.354 e. The summed E-state index contributed by atoms with van der Waals surface area (Å²) in [7, 11) is 0. The Morgan fingerprint density at radius 1 is 1.31 bits per heavy atom. The lowest BCUT2D eigenvalue weighted by molar-refractivity contribution is 0.350. The summed E-state index contributed by atoms with van der Waals surface area (Å²) in [5.41, 5.74) is 7.77. The van der Waals surface area contributed by atoms with E-state index in [2.05, 4.69) is 57.6 Å². The van der Waals surface area contributed by atoms with E-state index in [4.69, 9.17) is 5.73 Å². The van der Waals surface area contributed by atoms with Gasteiger partial charge >= 0.3 is 0 Å². The van der Waals surface area contributed by atoms with Gasteiger partial charge in [0.25, 0.3) is 0 Å². The number of hydrogen-bond donors (Lipinski definition) is 1. The molecule has 0 amide bonds. The van der Waals surface area contributed by atoms with E-state index in [1.54, 1.807) is 0 Å². The van der Waals surface area contributed by atoms with E-state index in [1.807, 2.05) is 0 Å². The highest BCUT2D eigenvalue weighted by Gasteiger charge is 2.13. The molecule has 2 N–H and O–H groups in total. The van der Waals surface area contributed by atoms with Crippen LogP contribution in [-0.4, -0.2) is 4.57 Å². The molecule has 1 unspecified atom stereocenters. The molecule has 0 spiro atoms. The maximum atomic E-state index is 6.12. The molecule has 0 aliphatic rings. The molecule has 0 aliphatic heterocycles. The third-order valence-electron chi connectivity index (χ3n) is 3.00. The molecular weight excluding hydrogens is 196 g/mol. The van der Waals surface area contributed by atoms with Gasteiger partial charge < -0.3 is 10.3 Å². The first-order chi connectivity index (χ1) is 7.29. The Hall–Kier alpha value is -0.760. The molecule has 2 nitrogen and oxygen atoms in total. The van der Waals surface area contributed by atoms with E-state index in [1.165, 1.54) is 12.0 Å². The standard InChI is InChI=1S/C14H26N2/c1-11(2)13(15)12-6-8-16(10-12)9-7-14(3,4)5/h6,8,10-11,13H,7,9,15H2,1-5H3. The molecule has 0 saturated heterocycles. The molecule has 0 aliphatic carbocycles. The van der Waals surface area contributed by atoms with Crippen LogP contribution in [-0.2, 0) is 6.54 Å². The Labute approximate surface area is 99.8 Å². The minimum Gasteiger partial charge on any atom is -0.354 e. The second kappa shape index (κ2) is 5.05. The lowest BCUT2D eigenvalue weighted by Gasteiger charge is -2.18. The quantitative estimate of drug-likeness (QED) is 0.829. The number of aromatic nitrogens is 1. The van der Waals surface area contributed by atoms with E-state index < -0.39 is 0 Å². The normalized spacial score (nSPS) is 14.4. The molecular formula is C14H26N2. The molecule has 0 fully saturated rings. The van der Waals surface area contributed by atoms with Crippen LogP contribution in [0.4, 0.5) is 0 Å². The molecule has 1 atom stereocenters. The van der Waals surface area contributed by atoms with Crippen molar-refractivity contribution in [2.75, 3.05) is 0 Å². The van der Waals surface area contributed by atoms with Crippen LogP contribution in [0.15, 0.2) is 18.5 Å². The molecule has 1 aromatic rings. The van der Waals surface area contributed by atoms with Crippen molar-refractivity contribution in [3.8, 4) is 0 Å². The van der Waals surface area contributed by atoms with E-state index >= 15 is 0 Å². The van der Waals surface area contributed by atoms with Gasteiger partial charge in [-0.3, -0.25) is 0 Å². The van der Waals surface area contributed by atoms with Crippen LogP contribution >= 0.6 is 0 Å². The number of aryl methyl sites for hydroxylation is 1. The Morgan fingerprint density at radius 3 is 2.44 bits per heavy atom. The van der Waals surface area contributed by atoms with E-state index in [0.29, 0.717) is 11.3 Å². The SMILES string of the molecule is CC(C)C(N)c1ccn(CCC(C)(C)C)c1. The fourth-order valence-corrected chi connectivity index (χ4v) is 1.65. The van der Waals surface area contributed by atoms with Gasteiger partial charge in [0.1, 0.15) is 0 Å². The molecule has 0 radical (unpaired) electrons. The van der Waals surface area contributed by atoms with E-state index in [9.17, 15) is 0 Å². The van der Waals surface area contributed by atoms with Gasteiger partial charge in [-0.1, -0.05) is 34.6 Å². The fraction of sp³-hybridized carbons (Fsp3) is 0.714. The van der Waals surface area contributed by atoms with Gasteiger partial charge in [0.15, 0.2) is 0 Å².